The Balaban J connectivity index is 2.20. The summed E-state index contributed by atoms with van der Waals surface area (Å²) in [4.78, 5) is 14.5. The van der Waals surface area contributed by atoms with E-state index in [1.54, 1.807) is 24.5 Å². The summed E-state index contributed by atoms with van der Waals surface area (Å²) >= 11 is 3.16. The summed E-state index contributed by atoms with van der Waals surface area (Å²) < 4.78 is 0.470. The number of aromatic nitrogens is 1. The van der Waals surface area contributed by atoms with Gasteiger partial charge in [-0.05, 0) is 46.6 Å². The number of nitrogens with zero attached hydrogens (tertiary/aromatic N) is 2. The SMILES string of the molecule is CC(Nc1ccc(Br)c([N+](=O)[O-])c1)c1cccnc1. The second-order valence-corrected chi connectivity index (χ2v) is 4.93. The summed E-state index contributed by atoms with van der Waals surface area (Å²) in [6, 6.07) is 8.81. The van der Waals surface area contributed by atoms with Gasteiger partial charge in [0, 0.05) is 24.1 Å². The second-order valence-electron chi connectivity index (χ2n) is 4.08. The van der Waals surface area contributed by atoms with Gasteiger partial charge < -0.3 is 5.32 Å². The Bertz CT molecular complexity index is 590. The number of hydrogen-bond donors (Lipinski definition) is 1. The van der Waals surface area contributed by atoms with Gasteiger partial charge in [0.05, 0.1) is 15.4 Å². The first-order valence-corrected chi connectivity index (χ1v) is 6.47. The van der Waals surface area contributed by atoms with Gasteiger partial charge in [-0.25, -0.2) is 0 Å². The lowest BCUT2D eigenvalue weighted by Crippen LogP contribution is -2.07. The lowest BCUT2D eigenvalue weighted by molar-refractivity contribution is -0.385. The van der Waals surface area contributed by atoms with Crippen molar-refractivity contribution in [1.82, 2.24) is 4.98 Å². The van der Waals surface area contributed by atoms with Crippen molar-refractivity contribution in [2.24, 2.45) is 0 Å². The van der Waals surface area contributed by atoms with Gasteiger partial charge in [0.2, 0.25) is 0 Å². The Morgan fingerprint density at radius 3 is 2.84 bits per heavy atom. The molecule has 0 saturated heterocycles. The third-order valence-electron chi connectivity index (χ3n) is 2.71. The fourth-order valence-electron chi connectivity index (χ4n) is 1.71. The standard InChI is InChI=1S/C13H12BrN3O2/c1-9(10-3-2-6-15-8-10)16-11-4-5-12(14)13(7-11)17(18)19/h2-9,16H,1H3. The Hall–Kier alpha value is -1.95. The lowest BCUT2D eigenvalue weighted by atomic mass is 10.1. The van der Waals surface area contributed by atoms with Crippen LogP contribution in [0, 0.1) is 10.1 Å². The van der Waals surface area contributed by atoms with Gasteiger partial charge in [0.25, 0.3) is 5.69 Å². The first kappa shape index (κ1) is 13.5. The Kier molecular flexibility index (Phi) is 4.11. The quantitative estimate of drug-likeness (QED) is 0.684. The number of halogens is 1. The molecule has 19 heavy (non-hydrogen) atoms. The van der Waals surface area contributed by atoms with Crippen LogP contribution in [0.4, 0.5) is 11.4 Å². The van der Waals surface area contributed by atoms with Crippen molar-refractivity contribution >= 4 is 27.3 Å². The van der Waals surface area contributed by atoms with Crippen LogP contribution in [0.25, 0.3) is 0 Å². The fourth-order valence-corrected chi connectivity index (χ4v) is 2.10. The van der Waals surface area contributed by atoms with Gasteiger partial charge in [0.1, 0.15) is 0 Å². The summed E-state index contributed by atoms with van der Waals surface area (Å²) in [5.41, 5.74) is 1.77. The molecule has 1 aromatic heterocycles. The van der Waals surface area contributed by atoms with E-state index in [9.17, 15) is 10.1 Å². The molecule has 1 atom stereocenters. The molecule has 0 spiro atoms. The summed E-state index contributed by atoms with van der Waals surface area (Å²) in [7, 11) is 0. The number of rotatable bonds is 4. The van der Waals surface area contributed by atoms with E-state index in [1.807, 2.05) is 19.1 Å². The molecule has 6 heteroatoms. The molecule has 0 aliphatic heterocycles. The highest BCUT2D eigenvalue weighted by Crippen LogP contribution is 2.29. The van der Waals surface area contributed by atoms with Crippen LogP contribution in [-0.2, 0) is 0 Å². The van der Waals surface area contributed by atoms with Gasteiger partial charge in [-0.3, -0.25) is 15.1 Å². The van der Waals surface area contributed by atoms with Gasteiger partial charge >= 0.3 is 0 Å². The Morgan fingerprint density at radius 1 is 1.42 bits per heavy atom. The number of nitrogens with one attached hydrogen (secondary N) is 1. The van der Waals surface area contributed by atoms with Crippen LogP contribution in [0.2, 0.25) is 0 Å². The second kappa shape index (κ2) is 5.79. The summed E-state index contributed by atoms with van der Waals surface area (Å²) in [6.07, 6.45) is 3.48. The zero-order valence-electron chi connectivity index (χ0n) is 10.2. The van der Waals surface area contributed by atoms with Gasteiger partial charge in [0.15, 0.2) is 0 Å². The summed E-state index contributed by atoms with van der Waals surface area (Å²) in [6.45, 7) is 1.98. The molecule has 1 unspecified atom stereocenters. The molecule has 2 rings (SSSR count). The molecular weight excluding hydrogens is 310 g/mol. The monoisotopic (exact) mass is 321 g/mol. The van der Waals surface area contributed by atoms with Crippen LogP contribution in [0.1, 0.15) is 18.5 Å². The van der Waals surface area contributed by atoms with Crippen molar-refractivity contribution in [3.63, 3.8) is 0 Å². The molecule has 0 amide bonds. The molecule has 1 heterocycles. The Labute approximate surface area is 119 Å². The first-order valence-electron chi connectivity index (χ1n) is 5.68. The molecule has 1 N–H and O–H groups in total. The van der Waals surface area contributed by atoms with E-state index in [4.69, 9.17) is 0 Å². The maximum atomic E-state index is 10.9. The molecule has 5 nitrogen and oxygen atoms in total. The van der Waals surface area contributed by atoms with Crippen molar-refractivity contribution in [2.45, 2.75) is 13.0 Å². The third-order valence-corrected chi connectivity index (χ3v) is 3.38. The van der Waals surface area contributed by atoms with E-state index in [-0.39, 0.29) is 11.7 Å². The molecule has 0 aliphatic rings. The zero-order valence-corrected chi connectivity index (χ0v) is 11.8. The van der Waals surface area contributed by atoms with Crippen molar-refractivity contribution in [2.75, 3.05) is 5.32 Å². The molecule has 0 radical (unpaired) electrons. The van der Waals surface area contributed by atoms with E-state index >= 15 is 0 Å². The number of benzene rings is 1. The number of nitro groups is 1. The highest BCUT2D eigenvalue weighted by atomic mass is 79.9. The number of nitro benzene ring substituents is 1. The first-order chi connectivity index (χ1) is 9.08. The van der Waals surface area contributed by atoms with E-state index in [1.165, 1.54) is 6.07 Å². The summed E-state index contributed by atoms with van der Waals surface area (Å²) in [5, 5.41) is 14.1. The average Bonchev–Trinajstić information content (AvgIpc) is 2.41. The molecule has 0 saturated carbocycles. The molecule has 0 aliphatic carbocycles. The van der Waals surface area contributed by atoms with Crippen LogP contribution in [0.5, 0.6) is 0 Å². The van der Waals surface area contributed by atoms with Crippen LogP contribution in [0.3, 0.4) is 0 Å². The van der Waals surface area contributed by atoms with E-state index in [0.717, 1.165) is 5.56 Å². The van der Waals surface area contributed by atoms with E-state index < -0.39 is 4.92 Å². The van der Waals surface area contributed by atoms with Crippen LogP contribution < -0.4 is 5.32 Å². The number of hydrogen-bond acceptors (Lipinski definition) is 4. The van der Waals surface area contributed by atoms with Crippen molar-refractivity contribution < 1.29 is 4.92 Å². The number of pyridine rings is 1. The fraction of sp³-hybridized carbons (Fsp3) is 0.154. The van der Waals surface area contributed by atoms with E-state index in [0.29, 0.717) is 10.2 Å². The molecule has 98 valence electrons. The van der Waals surface area contributed by atoms with Gasteiger partial charge in [-0.1, -0.05) is 6.07 Å². The highest BCUT2D eigenvalue weighted by molar-refractivity contribution is 9.10. The minimum absolute atomic E-state index is 0.0227. The number of anilines is 1. The zero-order chi connectivity index (χ0) is 13.8. The van der Waals surface area contributed by atoms with Crippen LogP contribution in [-0.4, -0.2) is 9.91 Å². The Morgan fingerprint density at radius 2 is 2.21 bits per heavy atom. The molecule has 1 aromatic carbocycles. The van der Waals surface area contributed by atoms with Crippen LogP contribution >= 0.6 is 15.9 Å². The molecule has 0 bridgehead atoms. The van der Waals surface area contributed by atoms with Gasteiger partial charge in [-0.2, -0.15) is 0 Å². The van der Waals surface area contributed by atoms with Crippen molar-refractivity contribution in [3.05, 3.63) is 62.9 Å². The minimum Gasteiger partial charge on any atom is -0.378 e. The maximum Gasteiger partial charge on any atom is 0.285 e. The molecular formula is C13H12BrN3O2. The predicted octanol–water partition coefficient (Wildman–Crippen LogP) is 3.93. The predicted molar refractivity (Wildman–Crippen MR) is 77.1 cm³/mol. The minimum atomic E-state index is -0.413. The maximum absolute atomic E-state index is 10.9. The third kappa shape index (κ3) is 3.29. The average molecular weight is 322 g/mol. The highest BCUT2D eigenvalue weighted by Gasteiger charge is 2.13. The van der Waals surface area contributed by atoms with Crippen molar-refractivity contribution in [1.29, 1.82) is 0 Å². The van der Waals surface area contributed by atoms with Crippen LogP contribution in [0.15, 0.2) is 47.2 Å². The van der Waals surface area contributed by atoms with Gasteiger partial charge in [-0.15, -0.1) is 0 Å². The normalized spacial score (nSPS) is 11.9. The smallest absolute Gasteiger partial charge is 0.285 e. The molecule has 2 aromatic rings. The van der Waals surface area contributed by atoms with E-state index in [2.05, 4.69) is 26.2 Å². The topological polar surface area (TPSA) is 68.1 Å². The summed E-state index contributed by atoms with van der Waals surface area (Å²) in [5.74, 6) is 0. The largest absolute Gasteiger partial charge is 0.378 e. The molecule has 0 fully saturated rings. The van der Waals surface area contributed by atoms with Crippen molar-refractivity contribution in [3.8, 4) is 0 Å². The lowest BCUT2D eigenvalue weighted by Gasteiger charge is -2.15.